The van der Waals surface area contributed by atoms with E-state index in [9.17, 15) is 5.26 Å². The fourth-order valence-electron chi connectivity index (χ4n) is 2.72. The summed E-state index contributed by atoms with van der Waals surface area (Å²) in [7, 11) is 0. The van der Waals surface area contributed by atoms with Gasteiger partial charge in [-0.3, -0.25) is 0 Å². The minimum Gasteiger partial charge on any atom is -0.381 e. The third-order valence-corrected chi connectivity index (χ3v) is 4.25. The van der Waals surface area contributed by atoms with E-state index in [0.29, 0.717) is 48.4 Å². The van der Waals surface area contributed by atoms with E-state index < -0.39 is 5.41 Å². The van der Waals surface area contributed by atoms with Crippen molar-refractivity contribution in [1.82, 2.24) is 9.97 Å². The molecule has 1 aliphatic rings. The van der Waals surface area contributed by atoms with Gasteiger partial charge in [0.1, 0.15) is 16.8 Å². The highest BCUT2D eigenvalue weighted by Gasteiger charge is 2.35. The van der Waals surface area contributed by atoms with Crippen LogP contribution in [0.3, 0.4) is 0 Å². The van der Waals surface area contributed by atoms with Crippen molar-refractivity contribution in [2.75, 3.05) is 18.5 Å². The fraction of sp³-hybridized carbons (Fsp3) is 0.294. The Morgan fingerprint density at radius 2 is 1.96 bits per heavy atom. The van der Waals surface area contributed by atoms with Crippen LogP contribution in [0.25, 0.3) is 0 Å². The second kappa shape index (κ2) is 6.84. The monoisotopic (exact) mass is 339 g/mol. The van der Waals surface area contributed by atoms with E-state index in [-0.39, 0.29) is 0 Å². The van der Waals surface area contributed by atoms with Crippen molar-refractivity contribution in [3.05, 3.63) is 46.7 Å². The molecule has 0 radical (unpaired) electrons. The van der Waals surface area contributed by atoms with Gasteiger partial charge in [-0.15, -0.1) is 0 Å². The number of ether oxygens (including phenoxy) is 1. The average Bonchev–Trinajstić information content (AvgIpc) is 2.62. The van der Waals surface area contributed by atoms with Crippen molar-refractivity contribution in [1.29, 1.82) is 10.5 Å². The first kappa shape index (κ1) is 16.2. The van der Waals surface area contributed by atoms with Crippen LogP contribution < -0.4 is 5.32 Å². The van der Waals surface area contributed by atoms with Gasteiger partial charge < -0.3 is 10.1 Å². The van der Waals surface area contributed by atoms with Crippen molar-refractivity contribution in [2.24, 2.45) is 0 Å². The summed E-state index contributed by atoms with van der Waals surface area (Å²) in [5.41, 5.74) is 0.684. The van der Waals surface area contributed by atoms with Gasteiger partial charge in [0.25, 0.3) is 0 Å². The topological polar surface area (TPSA) is 94.6 Å². The van der Waals surface area contributed by atoms with Crippen LogP contribution in [0.5, 0.6) is 0 Å². The molecule has 1 N–H and O–H groups in total. The zero-order chi connectivity index (χ0) is 17.0. The molecule has 3 heterocycles. The van der Waals surface area contributed by atoms with Crippen molar-refractivity contribution in [2.45, 2.75) is 18.3 Å². The summed E-state index contributed by atoms with van der Waals surface area (Å²) in [6, 6.07) is 11.2. The maximum Gasteiger partial charge on any atom is 0.133 e. The van der Waals surface area contributed by atoms with Crippen molar-refractivity contribution < 1.29 is 4.74 Å². The molecular formula is C17H14ClN5O. The van der Waals surface area contributed by atoms with Crippen LogP contribution in [-0.2, 0) is 10.2 Å². The van der Waals surface area contributed by atoms with Crippen molar-refractivity contribution in [3.63, 3.8) is 0 Å². The number of nitriles is 2. The lowest BCUT2D eigenvalue weighted by Crippen LogP contribution is -2.32. The number of hydrogen-bond donors (Lipinski definition) is 1. The minimum atomic E-state index is -0.622. The number of hydrogen-bond acceptors (Lipinski definition) is 6. The highest BCUT2D eigenvalue weighted by atomic mass is 35.5. The predicted octanol–water partition coefficient (Wildman–Crippen LogP) is 3.32. The molecule has 0 saturated carbocycles. The molecule has 120 valence electrons. The van der Waals surface area contributed by atoms with Crippen LogP contribution >= 0.6 is 11.6 Å². The van der Waals surface area contributed by atoms with E-state index in [2.05, 4.69) is 27.4 Å². The molecule has 0 aromatic carbocycles. The molecule has 0 amide bonds. The maximum absolute atomic E-state index is 9.70. The standard InChI is InChI=1S/C17H14ClN5O/c18-14-8-13(17(11-20)2-5-24-6-3-17)9-16(22-14)23-15-7-12(10-19)1-4-21-15/h1,4,7-9H,2-3,5-6H2,(H,21,22,23). The summed E-state index contributed by atoms with van der Waals surface area (Å²) >= 11 is 6.15. The second-order valence-electron chi connectivity index (χ2n) is 5.54. The summed E-state index contributed by atoms with van der Waals surface area (Å²) in [4.78, 5) is 8.40. The third kappa shape index (κ3) is 3.30. The number of rotatable bonds is 3. The Labute approximate surface area is 144 Å². The highest BCUT2D eigenvalue weighted by Crippen LogP contribution is 2.36. The molecule has 1 aliphatic heterocycles. The van der Waals surface area contributed by atoms with Crippen LogP contribution in [0.4, 0.5) is 11.6 Å². The molecule has 0 atom stereocenters. The van der Waals surface area contributed by atoms with E-state index in [4.69, 9.17) is 21.6 Å². The molecule has 24 heavy (non-hydrogen) atoms. The van der Waals surface area contributed by atoms with Crippen molar-refractivity contribution >= 4 is 23.2 Å². The van der Waals surface area contributed by atoms with Crippen LogP contribution in [0.1, 0.15) is 24.0 Å². The molecule has 7 heteroatoms. The Bertz CT molecular complexity index is 834. The first-order chi connectivity index (χ1) is 11.6. The van der Waals surface area contributed by atoms with Gasteiger partial charge in [-0.05, 0) is 42.7 Å². The Balaban J connectivity index is 1.94. The number of nitrogens with one attached hydrogen (secondary N) is 1. The zero-order valence-electron chi connectivity index (χ0n) is 12.8. The quantitative estimate of drug-likeness (QED) is 0.862. The van der Waals surface area contributed by atoms with E-state index in [1.807, 2.05) is 0 Å². The summed E-state index contributed by atoms with van der Waals surface area (Å²) in [5.74, 6) is 0.981. The minimum absolute atomic E-state index is 0.299. The van der Waals surface area contributed by atoms with Crippen LogP contribution in [0.15, 0.2) is 30.5 Å². The van der Waals surface area contributed by atoms with Gasteiger partial charge in [-0.25, -0.2) is 9.97 Å². The smallest absolute Gasteiger partial charge is 0.133 e. The van der Waals surface area contributed by atoms with Crippen molar-refractivity contribution in [3.8, 4) is 12.1 Å². The largest absolute Gasteiger partial charge is 0.381 e. The zero-order valence-corrected chi connectivity index (χ0v) is 13.5. The molecule has 1 fully saturated rings. The Morgan fingerprint density at radius 3 is 2.67 bits per heavy atom. The van der Waals surface area contributed by atoms with E-state index >= 15 is 0 Å². The molecular weight excluding hydrogens is 326 g/mol. The SMILES string of the molecule is N#Cc1ccnc(Nc2cc(C3(C#N)CCOCC3)cc(Cl)n2)c1. The lowest BCUT2D eigenvalue weighted by molar-refractivity contribution is 0.0675. The van der Waals surface area contributed by atoms with Gasteiger partial charge >= 0.3 is 0 Å². The summed E-state index contributed by atoms with van der Waals surface area (Å²) in [6.07, 6.45) is 2.78. The molecule has 3 rings (SSSR count). The normalized spacial score (nSPS) is 16.0. The van der Waals surface area contributed by atoms with Crippen LogP contribution in [-0.4, -0.2) is 23.2 Å². The molecule has 0 unspecified atom stereocenters. The first-order valence-electron chi connectivity index (χ1n) is 7.45. The summed E-state index contributed by atoms with van der Waals surface area (Å²) in [5, 5.41) is 22.0. The molecule has 2 aromatic rings. The van der Waals surface area contributed by atoms with Gasteiger partial charge in [0.05, 0.1) is 23.1 Å². The molecule has 1 saturated heterocycles. The number of anilines is 2. The first-order valence-corrected chi connectivity index (χ1v) is 7.83. The fourth-order valence-corrected chi connectivity index (χ4v) is 2.93. The number of pyridine rings is 2. The Kier molecular flexibility index (Phi) is 4.61. The summed E-state index contributed by atoms with van der Waals surface area (Å²) < 4.78 is 5.37. The highest BCUT2D eigenvalue weighted by molar-refractivity contribution is 6.29. The number of nitrogens with zero attached hydrogens (tertiary/aromatic N) is 4. The maximum atomic E-state index is 9.70. The van der Waals surface area contributed by atoms with Gasteiger partial charge in [0, 0.05) is 19.4 Å². The lowest BCUT2D eigenvalue weighted by atomic mass is 9.76. The predicted molar refractivity (Wildman–Crippen MR) is 88.8 cm³/mol. The van der Waals surface area contributed by atoms with Gasteiger partial charge in [0.2, 0.25) is 0 Å². The van der Waals surface area contributed by atoms with E-state index in [1.54, 1.807) is 30.5 Å². The molecule has 6 nitrogen and oxygen atoms in total. The third-order valence-electron chi connectivity index (χ3n) is 4.05. The lowest BCUT2D eigenvalue weighted by Gasteiger charge is -2.31. The number of aromatic nitrogens is 2. The van der Waals surface area contributed by atoms with Crippen LogP contribution in [0.2, 0.25) is 5.15 Å². The van der Waals surface area contributed by atoms with Gasteiger partial charge in [-0.2, -0.15) is 10.5 Å². The van der Waals surface area contributed by atoms with E-state index in [1.165, 1.54) is 0 Å². The Hall–Kier alpha value is -2.67. The molecule has 0 bridgehead atoms. The second-order valence-corrected chi connectivity index (χ2v) is 5.92. The molecule has 2 aromatic heterocycles. The molecule has 0 aliphatic carbocycles. The average molecular weight is 340 g/mol. The van der Waals surface area contributed by atoms with Gasteiger partial charge in [-0.1, -0.05) is 11.6 Å². The number of halogens is 1. The summed E-state index contributed by atoms with van der Waals surface area (Å²) in [6.45, 7) is 1.09. The van der Waals surface area contributed by atoms with Gasteiger partial charge in [0.15, 0.2) is 0 Å². The molecule has 0 spiro atoms. The van der Waals surface area contributed by atoms with E-state index in [0.717, 1.165) is 5.56 Å². The Morgan fingerprint density at radius 1 is 1.17 bits per heavy atom. The van der Waals surface area contributed by atoms with Crippen LogP contribution in [0, 0.1) is 22.7 Å².